The van der Waals surface area contributed by atoms with Crippen LogP contribution in [0.3, 0.4) is 0 Å². The van der Waals surface area contributed by atoms with Crippen LogP contribution >= 0.6 is 0 Å². The number of nitrogens with zero attached hydrogens (tertiary/aromatic N) is 2. The zero-order chi connectivity index (χ0) is 13.9. The molecule has 1 fully saturated rings. The molecule has 1 amide bonds. The van der Waals surface area contributed by atoms with Crippen molar-refractivity contribution in [2.24, 2.45) is 5.92 Å². The minimum Gasteiger partial charge on any atom is -0.486 e. The van der Waals surface area contributed by atoms with Crippen LogP contribution in [0.1, 0.15) is 23.2 Å². The third-order valence-corrected chi connectivity index (χ3v) is 3.76. The maximum Gasteiger partial charge on any atom is 0.257 e. The van der Waals surface area contributed by atoms with Crippen LogP contribution in [0.2, 0.25) is 0 Å². The average molecular weight is 272 g/mol. The molecule has 0 bridgehead atoms. The van der Waals surface area contributed by atoms with Crippen LogP contribution in [-0.4, -0.2) is 37.1 Å². The van der Waals surface area contributed by atoms with Crippen molar-refractivity contribution in [3.05, 3.63) is 23.8 Å². The second kappa shape index (κ2) is 5.41. The van der Waals surface area contributed by atoms with Gasteiger partial charge in [-0.25, -0.2) is 0 Å². The van der Waals surface area contributed by atoms with Crippen LogP contribution in [0.15, 0.2) is 18.2 Å². The van der Waals surface area contributed by atoms with Crippen LogP contribution in [0.5, 0.6) is 11.5 Å². The van der Waals surface area contributed by atoms with Crippen molar-refractivity contribution in [1.82, 2.24) is 4.90 Å². The lowest BCUT2D eigenvalue weighted by atomic mass is 9.98. The molecule has 0 aromatic heterocycles. The van der Waals surface area contributed by atoms with Gasteiger partial charge in [0.2, 0.25) is 0 Å². The number of para-hydroxylation sites is 1. The van der Waals surface area contributed by atoms with E-state index in [1.54, 1.807) is 11.0 Å². The minimum absolute atomic E-state index is 0.0382. The van der Waals surface area contributed by atoms with Crippen molar-refractivity contribution in [2.75, 3.05) is 26.3 Å². The number of amides is 1. The zero-order valence-corrected chi connectivity index (χ0v) is 11.2. The molecule has 20 heavy (non-hydrogen) atoms. The summed E-state index contributed by atoms with van der Waals surface area (Å²) in [5.74, 6) is 1.22. The molecular weight excluding hydrogens is 256 g/mol. The Balaban J connectivity index is 1.80. The van der Waals surface area contributed by atoms with Crippen LogP contribution < -0.4 is 9.47 Å². The van der Waals surface area contributed by atoms with Crippen molar-refractivity contribution in [1.29, 1.82) is 5.26 Å². The molecular formula is C15H16N2O3. The lowest BCUT2D eigenvalue weighted by molar-refractivity contribution is 0.0697. The van der Waals surface area contributed by atoms with Gasteiger partial charge in [-0.3, -0.25) is 4.79 Å². The Morgan fingerprint density at radius 1 is 1.25 bits per heavy atom. The fourth-order valence-electron chi connectivity index (χ4n) is 2.62. The lowest BCUT2D eigenvalue weighted by Gasteiger charge is -2.30. The Labute approximate surface area is 117 Å². The van der Waals surface area contributed by atoms with Crippen LogP contribution in [0.4, 0.5) is 0 Å². The van der Waals surface area contributed by atoms with E-state index >= 15 is 0 Å². The molecule has 2 aliphatic rings. The van der Waals surface area contributed by atoms with E-state index in [9.17, 15) is 4.79 Å². The van der Waals surface area contributed by atoms with Gasteiger partial charge in [0.05, 0.1) is 11.6 Å². The maximum absolute atomic E-state index is 12.6. The SMILES string of the molecule is N#CC1CCN(C(=O)c2cccc3c2OCCO3)CC1. The molecule has 1 aromatic carbocycles. The Morgan fingerprint density at radius 3 is 2.75 bits per heavy atom. The van der Waals surface area contributed by atoms with Gasteiger partial charge in [0, 0.05) is 19.0 Å². The van der Waals surface area contributed by atoms with Gasteiger partial charge < -0.3 is 14.4 Å². The summed E-state index contributed by atoms with van der Waals surface area (Å²) in [6.45, 7) is 2.23. The highest BCUT2D eigenvalue weighted by Crippen LogP contribution is 2.34. The maximum atomic E-state index is 12.6. The van der Waals surface area contributed by atoms with Gasteiger partial charge >= 0.3 is 0 Å². The molecule has 0 radical (unpaired) electrons. The summed E-state index contributed by atoms with van der Waals surface area (Å²) in [4.78, 5) is 14.4. The van der Waals surface area contributed by atoms with Gasteiger partial charge in [0.25, 0.3) is 5.91 Å². The number of piperidine rings is 1. The summed E-state index contributed by atoms with van der Waals surface area (Å²) >= 11 is 0. The molecule has 0 spiro atoms. The van der Waals surface area contributed by atoms with E-state index in [-0.39, 0.29) is 11.8 Å². The standard InChI is InChI=1S/C15H16N2O3/c16-10-11-4-6-17(7-5-11)15(18)12-2-1-3-13-14(12)20-9-8-19-13/h1-3,11H,4-9H2. The number of likely N-dealkylation sites (tertiary alicyclic amines) is 1. The predicted octanol–water partition coefficient (Wildman–Crippen LogP) is 1.83. The minimum atomic E-state index is -0.0382. The van der Waals surface area contributed by atoms with Crippen molar-refractivity contribution in [2.45, 2.75) is 12.8 Å². The molecule has 0 aliphatic carbocycles. The van der Waals surface area contributed by atoms with Crippen LogP contribution in [0, 0.1) is 17.2 Å². The Bertz CT molecular complexity index is 557. The molecule has 0 unspecified atom stereocenters. The molecule has 0 saturated carbocycles. The van der Waals surface area contributed by atoms with E-state index < -0.39 is 0 Å². The Morgan fingerprint density at radius 2 is 2.00 bits per heavy atom. The molecule has 3 rings (SSSR count). The van der Waals surface area contributed by atoms with E-state index in [2.05, 4.69) is 6.07 Å². The predicted molar refractivity (Wildman–Crippen MR) is 71.7 cm³/mol. The molecule has 2 aliphatic heterocycles. The highest BCUT2D eigenvalue weighted by atomic mass is 16.6. The second-order valence-corrected chi connectivity index (χ2v) is 5.03. The molecule has 2 heterocycles. The molecule has 5 heteroatoms. The van der Waals surface area contributed by atoms with E-state index in [4.69, 9.17) is 14.7 Å². The summed E-state index contributed by atoms with van der Waals surface area (Å²) in [6, 6.07) is 7.66. The van der Waals surface area contributed by atoms with Gasteiger partial charge in [-0.1, -0.05) is 6.07 Å². The van der Waals surface area contributed by atoms with E-state index in [1.165, 1.54) is 0 Å². The number of rotatable bonds is 1. The fraction of sp³-hybridized carbons (Fsp3) is 0.467. The van der Waals surface area contributed by atoms with Crippen molar-refractivity contribution < 1.29 is 14.3 Å². The molecule has 1 saturated heterocycles. The summed E-state index contributed by atoms with van der Waals surface area (Å²) in [6.07, 6.45) is 1.49. The smallest absolute Gasteiger partial charge is 0.257 e. The van der Waals surface area contributed by atoms with Gasteiger partial charge in [-0.05, 0) is 25.0 Å². The number of hydrogen-bond donors (Lipinski definition) is 0. The summed E-state index contributed by atoms with van der Waals surface area (Å²) < 4.78 is 11.1. The van der Waals surface area contributed by atoms with Crippen molar-refractivity contribution >= 4 is 5.91 Å². The zero-order valence-electron chi connectivity index (χ0n) is 11.2. The first-order valence-corrected chi connectivity index (χ1v) is 6.87. The Kier molecular flexibility index (Phi) is 3.46. The van der Waals surface area contributed by atoms with Crippen molar-refractivity contribution in [3.63, 3.8) is 0 Å². The first-order valence-electron chi connectivity index (χ1n) is 6.87. The largest absolute Gasteiger partial charge is 0.486 e. The van der Waals surface area contributed by atoms with Gasteiger partial charge in [0.1, 0.15) is 13.2 Å². The van der Waals surface area contributed by atoms with Crippen LogP contribution in [0.25, 0.3) is 0 Å². The van der Waals surface area contributed by atoms with E-state index in [0.29, 0.717) is 43.4 Å². The monoisotopic (exact) mass is 272 g/mol. The van der Waals surface area contributed by atoms with Gasteiger partial charge in [-0.2, -0.15) is 5.26 Å². The number of fused-ring (bicyclic) bond motifs is 1. The summed E-state index contributed by atoms with van der Waals surface area (Å²) in [5, 5.41) is 8.90. The molecule has 0 atom stereocenters. The highest BCUT2D eigenvalue weighted by molar-refractivity contribution is 5.98. The third-order valence-electron chi connectivity index (χ3n) is 3.76. The van der Waals surface area contributed by atoms with Crippen molar-refractivity contribution in [3.8, 4) is 17.6 Å². The Hall–Kier alpha value is -2.22. The average Bonchev–Trinajstić information content (AvgIpc) is 2.54. The first kappa shape index (κ1) is 12.8. The van der Waals surface area contributed by atoms with Gasteiger partial charge in [-0.15, -0.1) is 0 Å². The lowest BCUT2D eigenvalue weighted by Crippen LogP contribution is -2.38. The second-order valence-electron chi connectivity index (χ2n) is 5.03. The van der Waals surface area contributed by atoms with E-state index in [1.807, 2.05) is 12.1 Å². The fourth-order valence-corrected chi connectivity index (χ4v) is 2.62. The summed E-state index contributed by atoms with van der Waals surface area (Å²) in [5.41, 5.74) is 0.553. The molecule has 1 aromatic rings. The highest BCUT2D eigenvalue weighted by Gasteiger charge is 2.27. The topological polar surface area (TPSA) is 62.6 Å². The summed E-state index contributed by atoms with van der Waals surface area (Å²) in [7, 11) is 0. The number of ether oxygens (including phenoxy) is 2. The molecule has 5 nitrogen and oxygen atoms in total. The first-order chi connectivity index (χ1) is 9.79. The quantitative estimate of drug-likeness (QED) is 0.782. The van der Waals surface area contributed by atoms with Gasteiger partial charge in [0.15, 0.2) is 11.5 Å². The number of benzene rings is 1. The number of nitriles is 1. The van der Waals surface area contributed by atoms with E-state index in [0.717, 1.165) is 12.8 Å². The molecule has 104 valence electrons. The number of carbonyl (C=O) groups excluding carboxylic acids is 1. The van der Waals surface area contributed by atoms with Crippen LogP contribution in [-0.2, 0) is 0 Å². The number of hydrogen-bond acceptors (Lipinski definition) is 4. The normalized spacial score (nSPS) is 18.4. The third kappa shape index (κ3) is 2.29. The number of carbonyl (C=O) groups is 1. The molecule has 0 N–H and O–H groups in total.